The molecule has 1 N–H and O–H groups in total. The molecule has 1 aliphatic heterocycles. The minimum absolute atomic E-state index is 0.0251. The number of thioether (sulfide) groups is 1. The highest BCUT2D eigenvalue weighted by Crippen LogP contribution is 2.40. The molecule has 10 heteroatoms. The number of hydrogen-bond donors (Lipinski definition) is 1. The lowest BCUT2D eigenvalue weighted by molar-refractivity contribution is -0.365. The Morgan fingerprint density at radius 2 is 2.07 bits per heavy atom. The van der Waals surface area contributed by atoms with Crippen molar-refractivity contribution in [3.8, 4) is 6.07 Å². The number of nitriles is 1. The molecule has 0 radical (unpaired) electrons. The van der Waals surface area contributed by atoms with E-state index in [9.17, 15) is 13.3 Å². The van der Waals surface area contributed by atoms with Crippen LogP contribution >= 0.6 is 11.8 Å². The minimum atomic E-state index is -3.98. The van der Waals surface area contributed by atoms with Crippen LogP contribution in [0.25, 0.3) is 0 Å². The zero-order chi connectivity index (χ0) is 19.9. The highest BCUT2D eigenvalue weighted by molar-refractivity contribution is 8.00. The lowest BCUT2D eigenvalue weighted by atomic mass is 10.2. The highest BCUT2D eigenvalue weighted by Gasteiger charge is 2.37. The third-order valence-corrected chi connectivity index (χ3v) is 5.13. The van der Waals surface area contributed by atoms with E-state index in [-0.39, 0.29) is 16.0 Å². The van der Waals surface area contributed by atoms with Gasteiger partial charge in [-0.1, -0.05) is 12.1 Å². The summed E-state index contributed by atoms with van der Waals surface area (Å²) in [5, 5.41) is 15.9. The Balaban J connectivity index is 0.00000126. The average molecular weight is 398 g/mol. The molecule has 1 aliphatic rings. The molecule has 0 spiro atoms. The van der Waals surface area contributed by atoms with Gasteiger partial charge in [0.2, 0.25) is 5.82 Å². The number of aromatic nitrogens is 2. The maximum Gasteiger partial charge on any atom is 0.414 e. The number of rotatable bonds is 5. The molecule has 1 fully saturated rings. The van der Waals surface area contributed by atoms with E-state index >= 15 is 0 Å². The van der Waals surface area contributed by atoms with Gasteiger partial charge in [0.1, 0.15) is 11.9 Å². The van der Waals surface area contributed by atoms with Crippen LogP contribution in [0.1, 0.15) is 17.8 Å². The fourth-order valence-electron chi connectivity index (χ4n) is 2.64. The maximum absolute atomic E-state index is 13.6. The molecule has 0 amide bonds. The van der Waals surface area contributed by atoms with E-state index in [1.807, 2.05) is 11.0 Å². The van der Waals surface area contributed by atoms with Crippen molar-refractivity contribution in [2.24, 2.45) is 0 Å². The van der Waals surface area contributed by atoms with Gasteiger partial charge in [0.05, 0.1) is 5.56 Å². The van der Waals surface area contributed by atoms with Gasteiger partial charge in [0.25, 0.3) is 0 Å². The second-order valence-electron chi connectivity index (χ2n) is 5.41. The summed E-state index contributed by atoms with van der Waals surface area (Å²) >= 11 is 1.25. The van der Waals surface area contributed by atoms with Crippen molar-refractivity contribution in [3.05, 3.63) is 47.9 Å². The van der Waals surface area contributed by atoms with Gasteiger partial charge in [0.15, 0.2) is 0 Å². The molecule has 0 aliphatic carbocycles. The third-order valence-electron chi connectivity index (χ3n) is 3.80. The molecule has 2 heterocycles. The van der Waals surface area contributed by atoms with Crippen LogP contribution in [0.15, 0.2) is 41.4 Å². The van der Waals surface area contributed by atoms with Crippen LogP contribution in [0.4, 0.5) is 19.1 Å². The SMILES string of the molecule is CO.N#Cc1nccc(N2CCC(Sc3ccccc3C(F)(F)OF)C2)n1. The quantitative estimate of drug-likeness (QED) is 0.828. The molecule has 27 heavy (non-hydrogen) atoms. The van der Waals surface area contributed by atoms with Crippen molar-refractivity contribution < 1.29 is 23.4 Å². The molecule has 0 saturated carbocycles. The predicted octanol–water partition coefficient (Wildman–Crippen LogP) is 3.28. The summed E-state index contributed by atoms with van der Waals surface area (Å²) in [6.45, 7) is 1.25. The average Bonchev–Trinajstić information content (AvgIpc) is 3.18. The summed E-state index contributed by atoms with van der Waals surface area (Å²) in [6.07, 6.45) is -1.72. The van der Waals surface area contributed by atoms with Crippen molar-refractivity contribution in [2.45, 2.75) is 22.7 Å². The molecule has 6 nitrogen and oxygen atoms in total. The number of nitrogens with zero attached hydrogens (tertiary/aromatic N) is 4. The van der Waals surface area contributed by atoms with Gasteiger partial charge in [-0.3, -0.25) is 0 Å². The lowest BCUT2D eigenvalue weighted by Gasteiger charge is -2.19. The summed E-state index contributed by atoms with van der Waals surface area (Å²) < 4.78 is 39.3. The van der Waals surface area contributed by atoms with Gasteiger partial charge in [-0.15, -0.1) is 16.7 Å². The molecule has 1 saturated heterocycles. The summed E-state index contributed by atoms with van der Waals surface area (Å²) in [5.74, 6) is 0.707. The molecule has 1 aromatic heterocycles. The summed E-state index contributed by atoms with van der Waals surface area (Å²) in [4.78, 5) is 13.0. The molecule has 1 aromatic carbocycles. The number of alkyl halides is 2. The van der Waals surface area contributed by atoms with Gasteiger partial charge in [-0.25, -0.2) is 9.97 Å². The van der Waals surface area contributed by atoms with E-state index < -0.39 is 11.7 Å². The van der Waals surface area contributed by atoms with Gasteiger partial charge in [-0.2, -0.15) is 14.0 Å². The first-order valence-corrected chi connectivity index (χ1v) is 8.78. The van der Waals surface area contributed by atoms with E-state index in [1.54, 1.807) is 12.1 Å². The van der Waals surface area contributed by atoms with Gasteiger partial charge in [0, 0.05) is 36.5 Å². The van der Waals surface area contributed by atoms with E-state index in [0.717, 1.165) is 19.6 Å². The second-order valence-corrected chi connectivity index (χ2v) is 6.76. The first-order chi connectivity index (χ1) is 13.0. The fourth-order valence-corrected chi connectivity index (χ4v) is 3.95. The topological polar surface area (TPSA) is 82.3 Å². The number of aliphatic hydroxyl groups excluding tert-OH is 1. The van der Waals surface area contributed by atoms with Crippen molar-refractivity contribution in [1.29, 1.82) is 5.26 Å². The Hall–Kier alpha value is -2.35. The largest absolute Gasteiger partial charge is 0.414 e. The Labute approximate surface area is 158 Å². The zero-order valence-corrected chi connectivity index (χ0v) is 15.2. The van der Waals surface area contributed by atoms with Gasteiger partial charge >= 0.3 is 6.11 Å². The summed E-state index contributed by atoms with van der Waals surface area (Å²) in [7, 11) is 1.00. The van der Waals surface area contributed by atoms with Gasteiger partial charge in [-0.05, 0) is 29.1 Å². The smallest absolute Gasteiger partial charge is 0.400 e. The number of halogens is 3. The second kappa shape index (κ2) is 9.55. The summed E-state index contributed by atoms with van der Waals surface area (Å²) in [6, 6.07) is 9.30. The third kappa shape index (κ3) is 5.09. The maximum atomic E-state index is 13.6. The van der Waals surface area contributed by atoms with Gasteiger partial charge < -0.3 is 10.0 Å². The number of anilines is 1. The Morgan fingerprint density at radius 3 is 2.78 bits per heavy atom. The van der Waals surface area contributed by atoms with Crippen LogP contribution < -0.4 is 4.90 Å². The number of benzene rings is 1. The monoisotopic (exact) mass is 398 g/mol. The molecule has 144 valence electrons. The number of aliphatic hydroxyl groups is 1. The molecule has 2 aromatic rings. The number of hydrogen-bond acceptors (Lipinski definition) is 7. The van der Waals surface area contributed by atoms with Crippen LogP contribution in [0, 0.1) is 11.3 Å². The van der Waals surface area contributed by atoms with Crippen molar-refractivity contribution in [2.75, 3.05) is 25.1 Å². The first kappa shape index (κ1) is 21.0. The van der Waals surface area contributed by atoms with Crippen molar-refractivity contribution in [3.63, 3.8) is 0 Å². The molecular formula is C17H17F3N4O2S. The van der Waals surface area contributed by atoms with E-state index in [4.69, 9.17) is 10.4 Å². The molecule has 1 unspecified atom stereocenters. The van der Waals surface area contributed by atoms with Crippen molar-refractivity contribution >= 4 is 17.6 Å². The first-order valence-electron chi connectivity index (χ1n) is 7.90. The molecule has 0 bridgehead atoms. The minimum Gasteiger partial charge on any atom is -0.400 e. The standard InChI is InChI=1S/C16H13F3N4OS.CH4O/c17-16(18,24-19)12-3-1-2-4-13(12)25-11-6-8-23(10-11)15-5-7-21-14(9-20)22-15;1-2/h1-5,7,11H,6,8,10H2;2H,1H3. The van der Waals surface area contributed by atoms with Crippen LogP contribution in [0.3, 0.4) is 0 Å². The van der Waals surface area contributed by atoms with Crippen molar-refractivity contribution in [1.82, 2.24) is 9.97 Å². The molecular weight excluding hydrogens is 381 g/mol. The normalized spacial score (nSPS) is 16.4. The lowest BCUT2D eigenvalue weighted by Crippen LogP contribution is -2.22. The highest BCUT2D eigenvalue weighted by atomic mass is 32.2. The Kier molecular flexibility index (Phi) is 7.41. The molecule has 3 rings (SSSR count). The fraction of sp³-hybridized carbons (Fsp3) is 0.353. The van der Waals surface area contributed by atoms with E-state index in [2.05, 4.69) is 14.9 Å². The summed E-state index contributed by atoms with van der Waals surface area (Å²) in [5.41, 5.74) is -0.491. The van der Waals surface area contributed by atoms with Crippen LogP contribution in [-0.4, -0.2) is 40.5 Å². The molecule has 1 atom stereocenters. The Bertz CT molecular complexity index is 804. The van der Waals surface area contributed by atoms with E-state index in [1.165, 1.54) is 30.1 Å². The van der Waals surface area contributed by atoms with E-state index in [0.29, 0.717) is 18.9 Å². The van der Waals surface area contributed by atoms with Crippen LogP contribution in [0.2, 0.25) is 0 Å². The van der Waals surface area contributed by atoms with Crippen LogP contribution in [-0.2, 0) is 11.1 Å². The zero-order valence-electron chi connectivity index (χ0n) is 14.3. The Morgan fingerprint density at radius 1 is 1.33 bits per heavy atom. The van der Waals surface area contributed by atoms with Crippen LogP contribution in [0.5, 0.6) is 0 Å². The predicted molar refractivity (Wildman–Crippen MR) is 93.9 cm³/mol.